The molecular formula is C28H29N3O6S. The third kappa shape index (κ3) is 5.04. The Labute approximate surface area is 224 Å². The first-order valence-corrected chi connectivity index (χ1v) is 13.4. The lowest BCUT2D eigenvalue weighted by atomic mass is 10.0. The van der Waals surface area contributed by atoms with E-state index in [0.717, 1.165) is 26.6 Å². The van der Waals surface area contributed by atoms with Crippen LogP contribution < -0.4 is 20.1 Å². The van der Waals surface area contributed by atoms with Crippen LogP contribution in [0.15, 0.2) is 42.5 Å². The highest BCUT2D eigenvalue weighted by atomic mass is 32.1. The fourth-order valence-electron chi connectivity index (χ4n) is 4.56. The number of ether oxygens (including phenoxy) is 3. The number of benzene rings is 2. The summed E-state index contributed by atoms with van der Waals surface area (Å²) in [7, 11) is 0. The zero-order valence-corrected chi connectivity index (χ0v) is 22.3. The molecule has 0 aliphatic carbocycles. The van der Waals surface area contributed by atoms with Gasteiger partial charge in [-0.3, -0.25) is 4.79 Å². The van der Waals surface area contributed by atoms with Gasteiger partial charge in [0.15, 0.2) is 11.5 Å². The number of rotatable bonds is 6. The summed E-state index contributed by atoms with van der Waals surface area (Å²) in [4.78, 5) is 40.7. The SMILES string of the molecule is CCOC(=O)N1CCc2c(sc3c2C(=O)N[C@@H](c2ccc(OC(=O)c4ccc(C)cc4)c(OCC)c2)N3)C1. The second-order valence-electron chi connectivity index (χ2n) is 9.02. The van der Waals surface area contributed by atoms with Gasteiger partial charge in [0.2, 0.25) is 0 Å². The van der Waals surface area contributed by atoms with Crippen LogP contribution in [-0.2, 0) is 17.7 Å². The lowest BCUT2D eigenvalue weighted by Gasteiger charge is -2.28. The first-order chi connectivity index (χ1) is 18.4. The van der Waals surface area contributed by atoms with Gasteiger partial charge in [-0.25, -0.2) is 9.59 Å². The number of esters is 1. The Bertz CT molecular complexity index is 1380. The van der Waals surface area contributed by atoms with E-state index in [1.165, 1.54) is 11.3 Å². The van der Waals surface area contributed by atoms with Crippen LogP contribution in [0.5, 0.6) is 11.5 Å². The summed E-state index contributed by atoms with van der Waals surface area (Å²) in [6, 6.07) is 12.4. The van der Waals surface area contributed by atoms with Crippen molar-refractivity contribution >= 4 is 34.3 Å². The number of hydrogen-bond donors (Lipinski definition) is 2. The van der Waals surface area contributed by atoms with Crippen LogP contribution in [0.25, 0.3) is 0 Å². The Morgan fingerprint density at radius 3 is 2.58 bits per heavy atom. The van der Waals surface area contributed by atoms with Crippen molar-refractivity contribution in [1.82, 2.24) is 10.2 Å². The maximum atomic E-state index is 13.2. The molecule has 3 aromatic rings. The summed E-state index contributed by atoms with van der Waals surface area (Å²) in [5.41, 5.74) is 3.86. The van der Waals surface area contributed by atoms with Gasteiger partial charge in [-0.1, -0.05) is 23.8 Å². The van der Waals surface area contributed by atoms with Crippen molar-refractivity contribution in [2.45, 2.75) is 39.9 Å². The molecule has 0 radical (unpaired) electrons. The molecule has 0 saturated heterocycles. The first-order valence-electron chi connectivity index (χ1n) is 12.6. The summed E-state index contributed by atoms with van der Waals surface area (Å²) in [5, 5.41) is 7.21. The molecule has 2 aliphatic rings. The maximum Gasteiger partial charge on any atom is 0.410 e. The van der Waals surface area contributed by atoms with Crippen molar-refractivity contribution < 1.29 is 28.6 Å². The summed E-state index contributed by atoms with van der Waals surface area (Å²) < 4.78 is 16.6. The van der Waals surface area contributed by atoms with E-state index in [0.29, 0.717) is 55.4 Å². The zero-order chi connectivity index (χ0) is 26.8. The number of nitrogens with zero attached hydrogens (tertiary/aromatic N) is 1. The summed E-state index contributed by atoms with van der Waals surface area (Å²) in [6.07, 6.45) is -0.251. The molecule has 10 heteroatoms. The van der Waals surface area contributed by atoms with E-state index < -0.39 is 12.1 Å². The number of hydrogen-bond acceptors (Lipinski definition) is 8. The monoisotopic (exact) mass is 535 g/mol. The van der Waals surface area contributed by atoms with Crippen LogP contribution in [-0.4, -0.2) is 42.6 Å². The zero-order valence-electron chi connectivity index (χ0n) is 21.5. The Kier molecular flexibility index (Phi) is 7.24. The average molecular weight is 536 g/mol. The van der Waals surface area contributed by atoms with Crippen LogP contribution in [0.3, 0.4) is 0 Å². The Balaban J connectivity index is 1.36. The molecule has 198 valence electrons. The highest BCUT2D eigenvalue weighted by Crippen LogP contribution is 2.41. The second kappa shape index (κ2) is 10.7. The van der Waals surface area contributed by atoms with Crippen molar-refractivity contribution in [2.24, 2.45) is 0 Å². The summed E-state index contributed by atoms with van der Waals surface area (Å²) >= 11 is 1.48. The molecule has 0 saturated carbocycles. The molecule has 3 heterocycles. The Morgan fingerprint density at radius 1 is 1.05 bits per heavy atom. The van der Waals surface area contributed by atoms with E-state index in [9.17, 15) is 14.4 Å². The molecule has 0 spiro atoms. The average Bonchev–Trinajstić information content (AvgIpc) is 3.28. The van der Waals surface area contributed by atoms with E-state index in [4.69, 9.17) is 14.2 Å². The number of aryl methyl sites for hydroxylation is 1. The molecule has 0 unspecified atom stereocenters. The van der Waals surface area contributed by atoms with E-state index >= 15 is 0 Å². The molecule has 5 rings (SSSR count). The molecule has 2 N–H and O–H groups in total. The molecule has 0 bridgehead atoms. The first kappa shape index (κ1) is 25.6. The molecule has 38 heavy (non-hydrogen) atoms. The normalized spacial score (nSPS) is 16.0. The van der Waals surface area contributed by atoms with Gasteiger partial charge in [0.05, 0.1) is 30.9 Å². The molecule has 2 aromatic carbocycles. The lowest BCUT2D eigenvalue weighted by Crippen LogP contribution is -2.39. The van der Waals surface area contributed by atoms with Gasteiger partial charge in [-0.05, 0) is 62.6 Å². The highest BCUT2D eigenvalue weighted by molar-refractivity contribution is 7.16. The Hall–Kier alpha value is -4.05. The van der Waals surface area contributed by atoms with E-state index in [-0.39, 0.29) is 12.0 Å². The highest BCUT2D eigenvalue weighted by Gasteiger charge is 2.34. The minimum Gasteiger partial charge on any atom is -0.490 e. The van der Waals surface area contributed by atoms with Crippen LogP contribution in [0.1, 0.15) is 62.3 Å². The number of nitrogens with one attached hydrogen (secondary N) is 2. The summed E-state index contributed by atoms with van der Waals surface area (Å²) in [5.74, 6) is 0.0599. The Morgan fingerprint density at radius 2 is 1.84 bits per heavy atom. The molecule has 1 aromatic heterocycles. The number of anilines is 1. The van der Waals surface area contributed by atoms with E-state index in [1.54, 1.807) is 42.2 Å². The van der Waals surface area contributed by atoms with Crippen LogP contribution in [0.2, 0.25) is 0 Å². The third-order valence-electron chi connectivity index (χ3n) is 6.45. The number of fused-ring (bicyclic) bond motifs is 3. The lowest BCUT2D eigenvalue weighted by molar-refractivity contribution is 0.0728. The number of carbonyl (C=O) groups is 3. The predicted octanol–water partition coefficient (Wildman–Crippen LogP) is 5.04. The standard InChI is InChI=1S/C28H29N3O6S/c1-4-35-21-14-18(10-11-20(21)37-27(33)17-8-6-16(3)7-9-17)24-29-25(32)23-19-12-13-31(28(34)36-5-2)15-22(19)38-26(23)30-24/h6-11,14,24,30H,4-5,12-13,15H2,1-3H3,(H,29,32)/t24-/m1/s1. The topological polar surface area (TPSA) is 106 Å². The molecule has 1 atom stereocenters. The third-order valence-corrected chi connectivity index (χ3v) is 7.60. The smallest absolute Gasteiger partial charge is 0.410 e. The molecule has 9 nitrogen and oxygen atoms in total. The van der Waals surface area contributed by atoms with Crippen molar-refractivity contribution in [3.63, 3.8) is 0 Å². The largest absolute Gasteiger partial charge is 0.490 e. The van der Waals surface area contributed by atoms with Crippen LogP contribution >= 0.6 is 11.3 Å². The fourth-order valence-corrected chi connectivity index (χ4v) is 5.85. The minimum absolute atomic E-state index is 0.168. The van der Waals surface area contributed by atoms with Gasteiger partial charge >= 0.3 is 12.1 Å². The molecule has 0 fully saturated rings. The van der Waals surface area contributed by atoms with Crippen molar-refractivity contribution in [3.05, 3.63) is 75.2 Å². The van der Waals surface area contributed by atoms with E-state index in [1.807, 2.05) is 26.0 Å². The van der Waals surface area contributed by atoms with Crippen molar-refractivity contribution in [3.8, 4) is 11.5 Å². The summed E-state index contributed by atoms with van der Waals surface area (Å²) in [6.45, 7) is 7.20. The van der Waals surface area contributed by atoms with Gasteiger partial charge in [0.1, 0.15) is 11.2 Å². The molecular weight excluding hydrogens is 506 g/mol. The second-order valence-corrected chi connectivity index (χ2v) is 10.1. The number of amides is 2. The maximum absolute atomic E-state index is 13.2. The van der Waals surface area contributed by atoms with Gasteiger partial charge in [0, 0.05) is 11.4 Å². The van der Waals surface area contributed by atoms with Crippen LogP contribution in [0.4, 0.5) is 9.80 Å². The number of thiophene rings is 1. The van der Waals surface area contributed by atoms with Crippen molar-refractivity contribution in [1.29, 1.82) is 0 Å². The molecule has 2 aliphatic heterocycles. The van der Waals surface area contributed by atoms with E-state index in [2.05, 4.69) is 10.6 Å². The fraction of sp³-hybridized carbons (Fsp3) is 0.321. The minimum atomic E-state index is -0.502. The van der Waals surface area contributed by atoms with Gasteiger partial charge in [0.25, 0.3) is 5.91 Å². The number of carbonyl (C=O) groups excluding carboxylic acids is 3. The molecule has 2 amide bonds. The predicted molar refractivity (Wildman–Crippen MR) is 143 cm³/mol. The quantitative estimate of drug-likeness (QED) is 0.336. The van der Waals surface area contributed by atoms with Gasteiger partial charge in [-0.15, -0.1) is 11.3 Å². The van der Waals surface area contributed by atoms with Gasteiger partial charge < -0.3 is 29.7 Å². The van der Waals surface area contributed by atoms with Gasteiger partial charge in [-0.2, -0.15) is 0 Å². The van der Waals surface area contributed by atoms with Crippen molar-refractivity contribution in [2.75, 3.05) is 25.1 Å². The van der Waals surface area contributed by atoms with Crippen LogP contribution in [0, 0.1) is 6.92 Å².